The number of benzene rings is 2. The van der Waals surface area contributed by atoms with Gasteiger partial charge in [0, 0.05) is 43.4 Å². The Hall–Kier alpha value is -2.48. The lowest BCUT2D eigenvalue weighted by atomic mass is 10.0. The van der Waals surface area contributed by atoms with Gasteiger partial charge in [-0.05, 0) is 49.4 Å². The van der Waals surface area contributed by atoms with Gasteiger partial charge in [-0.25, -0.2) is 4.39 Å². The lowest BCUT2D eigenvalue weighted by Crippen LogP contribution is -2.49. The topological polar surface area (TPSA) is 64.7 Å². The van der Waals surface area contributed by atoms with Gasteiger partial charge in [0.25, 0.3) is 0 Å². The highest BCUT2D eigenvalue weighted by molar-refractivity contribution is 6.40. The van der Waals surface area contributed by atoms with Crippen LogP contribution in [0.25, 0.3) is 0 Å². The van der Waals surface area contributed by atoms with Crippen molar-refractivity contribution in [1.29, 1.82) is 0 Å². The predicted molar refractivity (Wildman–Crippen MR) is 116 cm³/mol. The summed E-state index contributed by atoms with van der Waals surface area (Å²) in [4.78, 5) is 29.3. The summed E-state index contributed by atoms with van der Waals surface area (Å²) in [7, 11) is 2.06. The molecule has 2 amide bonds. The van der Waals surface area contributed by atoms with Crippen molar-refractivity contribution in [2.24, 2.45) is 0 Å². The average Bonchev–Trinajstić information content (AvgIpc) is 2.73. The zero-order valence-corrected chi connectivity index (χ0v) is 17.9. The van der Waals surface area contributed by atoms with Crippen LogP contribution in [0.4, 0.5) is 10.1 Å². The molecule has 0 radical (unpaired) electrons. The minimum Gasteiger partial charge on any atom is -0.346 e. The minimum atomic E-state index is -0.753. The molecule has 6 nitrogen and oxygen atoms in total. The SMILES string of the molecule is Cc1ccc(Cl)cc1NC(=O)C(=O)NC[C@@H](c1ccc(F)cc1)N1CCN(C)CC1. The van der Waals surface area contributed by atoms with Crippen molar-refractivity contribution < 1.29 is 14.0 Å². The molecule has 1 aliphatic rings. The van der Waals surface area contributed by atoms with E-state index in [1.54, 1.807) is 30.3 Å². The van der Waals surface area contributed by atoms with Crippen LogP contribution in [0.1, 0.15) is 17.2 Å². The summed E-state index contributed by atoms with van der Waals surface area (Å²) in [6.45, 7) is 5.52. The largest absolute Gasteiger partial charge is 0.346 e. The van der Waals surface area contributed by atoms with E-state index in [-0.39, 0.29) is 18.4 Å². The van der Waals surface area contributed by atoms with Crippen LogP contribution in [0.15, 0.2) is 42.5 Å². The monoisotopic (exact) mass is 432 g/mol. The number of amides is 2. The van der Waals surface area contributed by atoms with Crippen molar-refractivity contribution in [2.75, 3.05) is 45.1 Å². The third kappa shape index (κ3) is 5.78. The zero-order chi connectivity index (χ0) is 21.7. The van der Waals surface area contributed by atoms with Crippen molar-refractivity contribution in [3.63, 3.8) is 0 Å². The molecule has 160 valence electrons. The van der Waals surface area contributed by atoms with Gasteiger partial charge in [0.2, 0.25) is 0 Å². The number of hydrogen-bond donors (Lipinski definition) is 2. The molecule has 2 aromatic rings. The molecule has 1 heterocycles. The molecule has 1 aliphatic heterocycles. The van der Waals surface area contributed by atoms with Crippen LogP contribution in [0.3, 0.4) is 0 Å². The Morgan fingerprint density at radius 1 is 1.07 bits per heavy atom. The fraction of sp³-hybridized carbons (Fsp3) is 0.364. The van der Waals surface area contributed by atoms with Gasteiger partial charge in [-0.1, -0.05) is 29.8 Å². The molecular formula is C22H26ClFN4O2. The molecule has 0 saturated carbocycles. The van der Waals surface area contributed by atoms with E-state index >= 15 is 0 Å². The summed E-state index contributed by atoms with van der Waals surface area (Å²) in [6, 6.07) is 11.2. The molecule has 1 atom stereocenters. The maximum Gasteiger partial charge on any atom is 0.313 e. The van der Waals surface area contributed by atoms with E-state index in [9.17, 15) is 14.0 Å². The predicted octanol–water partition coefficient (Wildman–Crippen LogP) is 2.83. The Labute approximate surface area is 181 Å². The highest BCUT2D eigenvalue weighted by Gasteiger charge is 2.25. The number of aryl methyl sites for hydroxylation is 1. The van der Waals surface area contributed by atoms with Gasteiger partial charge < -0.3 is 15.5 Å². The first-order valence-corrected chi connectivity index (χ1v) is 10.2. The second-order valence-corrected chi connectivity index (χ2v) is 7.97. The maximum absolute atomic E-state index is 13.4. The van der Waals surface area contributed by atoms with E-state index in [0.717, 1.165) is 37.3 Å². The summed E-state index contributed by atoms with van der Waals surface area (Å²) in [5, 5.41) is 5.80. The molecule has 1 saturated heterocycles. The fourth-order valence-corrected chi connectivity index (χ4v) is 3.63. The normalized spacial score (nSPS) is 16.1. The summed E-state index contributed by atoms with van der Waals surface area (Å²) >= 11 is 5.97. The van der Waals surface area contributed by atoms with E-state index in [1.165, 1.54) is 12.1 Å². The fourth-order valence-electron chi connectivity index (χ4n) is 3.45. The van der Waals surface area contributed by atoms with Gasteiger partial charge in [0.05, 0.1) is 6.04 Å². The minimum absolute atomic E-state index is 0.149. The molecular weight excluding hydrogens is 407 g/mol. The molecule has 3 rings (SSSR count). The molecule has 0 aliphatic carbocycles. The summed E-state index contributed by atoms with van der Waals surface area (Å²) in [5.74, 6) is -1.79. The summed E-state index contributed by atoms with van der Waals surface area (Å²) < 4.78 is 13.4. The number of nitrogens with zero attached hydrogens (tertiary/aromatic N) is 2. The van der Waals surface area contributed by atoms with Crippen molar-refractivity contribution in [2.45, 2.75) is 13.0 Å². The van der Waals surface area contributed by atoms with E-state index in [4.69, 9.17) is 11.6 Å². The molecule has 0 aromatic heterocycles. The zero-order valence-electron chi connectivity index (χ0n) is 17.1. The number of halogens is 2. The Kier molecular flexibility index (Phi) is 7.42. The average molecular weight is 433 g/mol. The summed E-state index contributed by atoms with van der Waals surface area (Å²) in [5.41, 5.74) is 2.20. The Bertz CT molecular complexity index is 899. The molecule has 0 unspecified atom stereocenters. The summed E-state index contributed by atoms with van der Waals surface area (Å²) in [6.07, 6.45) is 0. The molecule has 0 bridgehead atoms. The van der Waals surface area contributed by atoms with Crippen molar-refractivity contribution in [1.82, 2.24) is 15.1 Å². The Morgan fingerprint density at radius 2 is 1.73 bits per heavy atom. The maximum atomic E-state index is 13.4. The number of anilines is 1. The van der Waals surface area contributed by atoms with E-state index in [2.05, 4.69) is 27.5 Å². The van der Waals surface area contributed by atoms with Crippen molar-refractivity contribution >= 4 is 29.1 Å². The van der Waals surface area contributed by atoms with Gasteiger partial charge in [0.1, 0.15) is 5.82 Å². The molecule has 2 aromatic carbocycles. The third-order valence-electron chi connectivity index (χ3n) is 5.34. The number of likely N-dealkylation sites (N-methyl/N-ethyl adjacent to an activating group) is 1. The van der Waals surface area contributed by atoms with E-state index in [1.807, 2.05) is 6.92 Å². The van der Waals surface area contributed by atoms with Crippen LogP contribution < -0.4 is 10.6 Å². The van der Waals surface area contributed by atoms with Gasteiger partial charge in [-0.15, -0.1) is 0 Å². The molecule has 1 fully saturated rings. The van der Waals surface area contributed by atoms with Crippen LogP contribution in [0, 0.1) is 12.7 Å². The van der Waals surface area contributed by atoms with Crippen molar-refractivity contribution in [3.05, 3.63) is 64.4 Å². The van der Waals surface area contributed by atoms with Crippen LogP contribution in [-0.2, 0) is 9.59 Å². The first-order valence-electron chi connectivity index (χ1n) is 9.87. The number of piperazine rings is 1. The molecule has 8 heteroatoms. The Morgan fingerprint density at radius 3 is 2.40 bits per heavy atom. The number of carbonyl (C=O) groups is 2. The molecule has 2 N–H and O–H groups in total. The highest BCUT2D eigenvalue weighted by atomic mass is 35.5. The van der Waals surface area contributed by atoms with Crippen LogP contribution in [0.5, 0.6) is 0 Å². The number of hydrogen-bond acceptors (Lipinski definition) is 4. The lowest BCUT2D eigenvalue weighted by Gasteiger charge is -2.38. The third-order valence-corrected chi connectivity index (χ3v) is 5.58. The standard InChI is InChI=1S/C22H26ClFN4O2/c1-15-3-6-17(23)13-19(15)26-22(30)21(29)25-14-20(16-4-7-18(24)8-5-16)28-11-9-27(2)10-12-28/h3-8,13,20H,9-12,14H2,1-2H3,(H,25,29)(H,26,30)/t20-/m0/s1. The van der Waals surface area contributed by atoms with E-state index < -0.39 is 11.8 Å². The van der Waals surface area contributed by atoms with Crippen LogP contribution in [0.2, 0.25) is 5.02 Å². The first kappa shape index (κ1) is 22.2. The molecule has 0 spiro atoms. The first-order chi connectivity index (χ1) is 14.3. The van der Waals surface area contributed by atoms with Gasteiger partial charge >= 0.3 is 11.8 Å². The quantitative estimate of drug-likeness (QED) is 0.713. The van der Waals surface area contributed by atoms with Gasteiger partial charge in [-0.2, -0.15) is 0 Å². The lowest BCUT2D eigenvalue weighted by molar-refractivity contribution is -0.136. The van der Waals surface area contributed by atoms with Gasteiger partial charge in [-0.3, -0.25) is 14.5 Å². The van der Waals surface area contributed by atoms with Crippen LogP contribution >= 0.6 is 11.6 Å². The smallest absolute Gasteiger partial charge is 0.313 e. The number of rotatable bonds is 5. The second-order valence-electron chi connectivity index (χ2n) is 7.53. The molecule has 30 heavy (non-hydrogen) atoms. The highest BCUT2D eigenvalue weighted by Crippen LogP contribution is 2.22. The number of carbonyl (C=O) groups excluding carboxylic acids is 2. The second kappa shape index (κ2) is 10.0. The van der Waals surface area contributed by atoms with Crippen molar-refractivity contribution in [3.8, 4) is 0 Å². The number of nitrogens with one attached hydrogen (secondary N) is 2. The van der Waals surface area contributed by atoms with E-state index in [0.29, 0.717) is 10.7 Å². The Balaban J connectivity index is 1.66. The van der Waals surface area contributed by atoms with Crippen LogP contribution in [-0.4, -0.2) is 61.4 Å². The van der Waals surface area contributed by atoms with Gasteiger partial charge in [0.15, 0.2) is 0 Å².